The summed E-state index contributed by atoms with van der Waals surface area (Å²) in [7, 11) is 0. The van der Waals surface area contributed by atoms with Crippen LogP contribution in [0.2, 0.25) is 5.02 Å². The van der Waals surface area contributed by atoms with Gasteiger partial charge in [-0.05, 0) is 56.7 Å². The fourth-order valence-corrected chi connectivity index (χ4v) is 3.55. The Hall–Kier alpha value is -3.59. The molecule has 172 valence electrons. The van der Waals surface area contributed by atoms with E-state index in [-0.39, 0.29) is 5.69 Å². The smallest absolute Gasteiger partial charge is 0.318 e. The molecule has 0 saturated carbocycles. The average molecular weight is 477 g/mol. The molecule has 3 aromatic rings. The van der Waals surface area contributed by atoms with Crippen LogP contribution in [0.3, 0.4) is 0 Å². The third-order valence-corrected chi connectivity index (χ3v) is 5.26. The zero-order valence-electron chi connectivity index (χ0n) is 17.9. The molecule has 0 aliphatic rings. The minimum atomic E-state index is -4.70. The van der Waals surface area contributed by atoms with Gasteiger partial charge >= 0.3 is 18.0 Å². The Morgan fingerprint density at radius 1 is 1.03 bits per heavy atom. The van der Waals surface area contributed by atoms with E-state index < -0.39 is 28.6 Å². The van der Waals surface area contributed by atoms with Crippen molar-refractivity contribution >= 4 is 35.3 Å². The number of nitrogens with one attached hydrogen (secondary N) is 2. The number of rotatable bonds is 4. The summed E-state index contributed by atoms with van der Waals surface area (Å²) >= 11 is 5.55. The standard InChI is InChI=1S/C23H20ClF3N4O2/c1-13-6-4-5-7-20(13)31-14(2)10-16(15(31)3)12-28-30-22(33)21(32)29-17-8-9-19(24)18(11-17)23(25,26)27/h4-12H,1-3H3,(H,29,32)(H,30,33)/b28-12-. The van der Waals surface area contributed by atoms with Gasteiger partial charge in [0.15, 0.2) is 0 Å². The monoisotopic (exact) mass is 476 g/mol. The van der Waals surface area contributed by atoms with Crippen LogP contribution in [0.5, 0.6) is 0 Å². The predicted octanol–water partition coefficient (Wildman–Crippen LogP) is 5.16. The highest BCUT2D eigenvalue weighted by molar-refractivity contribution is 6.39. The van der Waals surface area contributed by atoms with E-state index >= 15 is 0 Å². The van der Waals surface area contributed by atoms with Crippen molar-refractivity contribution in [3.05, 3.63) is 81.6 Å². The van der Waals surface area contributed by atoms with Crippen molar-refractivity contribution in [2.24, 2.45) is 5.10 Å². The summed E-state index contributed by atoms with van der Waals surface area (Å²) in [6.07, 6.45) is -3.30. The Labute approximate surface area is 193 Å². The molecule has 2 aromatic carbocycles. The van der Waals surface area contributed by atoms with Crippen LogP contribution >= 0.6 is 11.6 Å². The molecule has 3 rings (SSSR count). The number of carbonyl (C=O) groups excluding carboxylic acids is 2. The van der Waals surface area contributed by atoms with Crippen molar-refractivity contribution < 1.29 is 22.8 Å². The maximum absolute atomic E-state index is 12.9. The molecule has 6 nitrogen and oxygen atoms in total. The molecule has 0 bridgehead atoms. The van der Waals surface area contributed by atoms with Crippen molar-refractivity contribution in [3.63, 3.8) is 0 Å². The summed E-state index contributed by atoms with van der Waals surface area (Å²) in [5, 5.41) is 5.39. The number of carbonyl (C=O) groups is 2. The molecule has 0 saturated heterocycles. The van der Waals surface area contributed by atoms with Crippen LogP contribution in [0.15, 0.2) is 53.6 Å². The molecule has 1 heterocycles. The van der Waals surface area contributed by atoms with E-state index in [0.717, 1.165) is 40.3 Å². The van der Waals surface area contributed by atoms with Gasteiger partial charge < -0.3 is 9.88 Å². The summed E-state index contributed by atoms with van der Waals surface area (Å²) < 4.78 is 40.9. The number of aromatic nitrogens is 1. The molecular weight excluding hydrogens is 457 g/mol. The first-order valence-electron chi connectivity index (χ1n) is 9.75. The normalized spacial score (nSPS) is 11.6. The largest absolute Gasteiger partial charge is 0.417 e. The summed E-state index contributed by atoms with van der Waals surface area (Å²) in [4.78, 5) is 24.1. The highest BCUT2D eigenvalue weighted by Gasteiger charge is 2.33. The molecule has 0 aliphatic heterocycles. The Kier molecular flexibility index (Phi) is 6.92. The van der Waals surface area contributed by atoms with E-state index in [1.165, 1.54) is 6.21 Å². The third-order valence-electron chi connectivity index (χ3n) is 4.93. The second-order valence-corrected chi connectivity index (χ2v) is 7.70. The number of hydrogen-bond donors (Lipinski definition) is 2. The van der Waals surface area contributed by atoms with E-state index in [1.54, 1.807) is 0 Å². The Morgan fingerprint density at radius 2 is 1.73 bits per heavy atom. The van der Waals surface area contributed by atoms with E-state index in [1.807, 2.05) is 55.7 Å². The number of benzene rings is 2. The Balaban J connectivity index is 1.69. The quantitative estimate of drug-likeness (QED) is 0.310. The molecule has 0 aliphatic carbocycles. The molecular formula is C23H20ClF3N4O2. The van der Waals surface area contributed by atoms with Gasteiger partial charge in [0.25, 0.3) is 0 Å². The molecule has 0 atom stereocenters. The molecule has 0 radical (unpaired) electrons. The van der Waals surface area contributed by atoms with Gasteiger partial charge in [0.1, 0.15) is 0 Å². The molecule has 2 amide bonds. The fraction of sp³-hybridized carbons (Fsp3) is 0.174. The number of anilines is 1. The summed E-state index contributed by atoms with van der Waals surface area (Å²) in [5.74, 6) is -2.31. The molecule has 0 fully saturated rings. The van der Waals surface area contributed by atoms with Gasteiger partial charge in [-0.2, -0.15) is 18.3 Å². The highest BCUT2D eigenvalue weighted by Crippen LogP contribution is 2.36. The maximum Gasteiger partial charge on any atom is 0.417 e. The first kappa shape index (κ1) is 24.1. The number of nitrogens with zero attached hydrogens (tertiary/aromatic N) is 2. The summed E-state index contributed by atoms with van der Waals surface area (Å²) in [6.45, 7) is 5.83. The van der Waals surface area contributed by atoms with Gasteiger partial charge in [0, 0.05) is 28.3 Å². The number of aryl methyl sites for hydroxylation is 2. The zero-order valence-corrected chi connectivity index (χ0v) is 18.7. The number of para-hydroxylation sites is 1. The summed E-state index contributed by atoms with van der Waals surface area (Å²) in [6, 6.07) is 12.5. The van der Waals surface area contributed by atoms with Gasteiger partial charge in [0.2, 0.25) is 0 Å². The Bertz CT molecular complexity index is 1250. The first-order valence-corrected chi connectivity index (χ1v) is 10.1. The lowest BCUT2D eigenvalue weighted by Crippen LogP contribution is -2.32. The van der Waals surface area contributed by atoms with Gasteiger partial charge in [-0.25, -0.2) is 5.43 Å². The minimum absolute atomic E-state index is 0.224. The van der Waals surface area contributed by atoms with Gasteiger partial charge in [-0.3, -0.25) is 9.59 Å². The van der Waals surface area contributed by atoms with Crippen LogP contribution in [-0.2, 0) is 15.8 Å². The van der Waals surface area contributed by atoms with Crippen molar-refractivity contribution in [2.45, 2.75) is 26.9 Å². The minimum Gasteiger partial charge on any atom is -0.318 e. The second-order valence-electron chi connectivity index (χ2n) is 7.29. The van der Waals surface area contributed by atoms with Crippen LogP contribution in [0, 0.1) is 20.8 Å². The number of hydrogen-bond acceptors (Lipinski definition) is 3. The van der Waals surface area contributed by atoms with Crippen molar-refractivity contribution in [1.82, 2.24) is 9.99 Å². The topological polar surface area (TPSA) is 75.5 Å². The predicted molar refractivity (Wildman–Crippen MR) is 121 cm³/mol. The second kappa shape index (κ2) is 9.50. The number of halogens is 4. The van der Waals surface area contributed by atoms with Gasteiger partial charge in [-0.15, -0.1) is 0 Å². The molecule has 2 N–H and O–H groups in total. The van der Waals surface area contributed by atoms with E-state index in [4.69, 9.17) is 11.6 Å². The molecule has 0 spiro atoms. The fourth-order valence-electron chi connectivity index (χ4n) is 3.32. The van der Waals surface area contributed by atoms with Gasteiger partial charge in [0.05, 0.1) is 16.8 Å². The van der Waals surface area contributed by atoms with Crippen LogP contribution in [-0.4, -0.2) is 22.6 Å². The molecule has 10 heteroatoms. The van der Waals surface area contributed by atoms with Crippen molar-refractivity contribution in [1.29, 1.82) is 0 Å². The average Bonchev–Trinajstić information content (AvgIpc) is 3.02. The zero-order chi connectivity index (χ0) is 24.3. The molecule has 1 aromatic heterocycles. The number of alkyl halides is 3. The van der Waals surface area contributed by atoms with E-state index in [0.29, 0.717) is 6.07 Å². The lowest BCUT2D eigenvalue weighted by Gasteiger charge is -2.12. The number of amides is 2. The number of hydrazone groups is 1. The third kappa shape index (κ3) is 5.43. The van der Waals surface area contributed by atoms with Crippen LogP contribution in [0.25, 0.3) is 5.69 Å². The maximum atomic E-state index is 12.9. The molecule has 0 unspecified atom stereocenters. The van der Waals surface area contributed by atoms with Crippen molar-refractivity contribution in [3.8, 4) is 5.69 Å². The highest BCUT2D eigenvalue weighted by atomic mass is 35.5. The van der Waals surface area contributed by atoms with E-state index in [2.05, 4.69) is 15.8 Å². The van der Waals surface area contributed by atoms with Crippen LogP contribution < -0.4 is 10.7 Å². The van der Waals surface area contributed by atoms with Crippen molar-refractivity contribution in [2.75, 3.05) is 5.32 Å². The molecule has 33 heavy (non-hydrogen) atoms. The van der Waals surface area contributed by atoms with Crippen LogP contribution in [0.1, 0.15) is 28.1 Å². The SMILES string of the molecule is Cc1ccccc1-n1c(C)cc(/C=N\NC(=O)C(=O)Nc2ccc(Cl)c(C(F)(F)F)c2)c1C. The van der Waals surface area contributed by atoms with E-state index in [9.17, 15) is 22.8 Å². The summed E-state index contributed by atoms with van der Waals surface area (Å²) in [5.41, 5.74) is 5.39. The lowest BCUT2D eigenvalue weighted by atomic mass is 10.2. The lowest BCUT2D eigenvalue weighted by molar-refractivity contribution is -0.137. The first-order chi connectivity index (χ1) is 15.5. The van der Waals surface area contributed by atoms with Crippen LogP contribution in [0.4, 0.5) is 18.9 Å². The van der Waals surface area contributed by atoms with Gasteiger partial charge in [-0.1, -0.05) is 29.8 Å². The Morgan fingerprint density at radius 3 is 2.39 bits per heavy atom.